The summed E-state index contributed by atoms with van der Waals surface area (Å²) in [5.74, 6) is -0.647. The van der Waals surface area contributed by atoms with Crippen LogP contribution in [0, 0.1) is 0 Å². The van der Waals surface area contributed by atoms with Crippen molar-refractivity contribution in [3.63, 3.8) is 0 Å². The van der Waals surface area contributed by atoms with Crippen molar-refractivity contribution in [3.8, 4) is 0 Å². The third-order valence-corrected chi connectivity index (χ3v) is 3.93. The Morgan fingerprint density at radius 3 is 1.68 bits per heavy atom. The van der Waals surface area contributed by atoms with E-state index >= 15 is 0 Å². The first-order chi connectivity index (χ1) is 10.6. The fraction of sp³-hybridized carbons (Fsp3) is 0.300. The van der Waals surface area contributed by atoms with Gasteiger partial charge in [0.25, 0.3) is 0 Å². The Hall–Kier alpha value is -2.22. The third-order valence-electron chi connectivity index (χ3n) is 3.93. The summed E-state index contributed by atoms with van der Waals surface area (Å²) in [6, 6.07) is 19.3. The van der Waals surface area contributed by atoms with Gasteiger partial charge in [-0.2, -0.15) is 0 Å². The first-order valence-corrected chi connectivity index (χ1v) is 7.78. The van der Waals surface area contributed by atoms with Crippen LogP contribution in [0.1, 0.15) is 49.7 Å². The van der Waals surface area contributed by atoms with Gasteiger partial charge >= 0.3 is 0 Å². The minimum Gasteiger partial charge on any atom is -0.299 e. The van der Waals surface area contributed by atoms with E-state index in [4.69, 9.17) is 0 Å². The Labute approximate surface area is 132 Å². The number of carbonyl (C=O) groups excluding carboxylic acids is 2. The number of hydrogen-bond donors (Lipinski definition) is 0. The highest BCUT2D eigenvalue weighted by atomic mass is 16.1. The summed E-state index contributed by atoms with van der Waals surface area (Å²) in [6.45, 7) is 3.57. The molecule has 0 fully saturated rings. The van der Waals surface area contributed by atoms with Crippen molar-refractivity contribution < 1.29 is 9.59 Å². The van der Waals surface area contributed by atoms with Crippen LogP contribution in [0.3, 0.4) is 0 Å². The van der Waals surface area contributed by atoms with E-state index in [1.54, 1.807) is 6.92 Å². The highest BCUT2D eigenvalue weighted by Crippen LogP contribution is 2.35. The third kappa shape index (κ3) is 3.70. The van der Waals surface area contributed by atoms with Crippen LogP contribution in [0.2, 0.25) is 0 Å². The summed E-state index contributed by atoms with van der Waals surface area (Å²) >= 11 is 0. The molecule has 0 spiro atoms. The van der Waals surface area contributed by atoms with Crippen LogP contribution in [0.5, 0.6) is 0 Å². The van der Waals surface area contributed by atoms with E-state index in [9.17, 15) is 9.59 Å². The van der Waals surface area contributed by atoms with Crippen LogP contribution in [0.15, 0.2) is 60.7 Å². The summed E-state index contributed by atoms with van der Waals surface area (Å²) in [5.41, 5.74) is 1.83. The maximum absolute atomic E-state index is 12.7. The average Bonchev–Trinajstić information content (AvgIpc) is 2.54. The number of Topliss-reactive ketones (excluding diaryl/α,β-unsaturated/α-hetero) is 2. The minimum absolute atomic E-state index is 0.0320. The summed E-state index contributed by atoms with van der Waals surface area (Å²) < 4.78 is 0. The standard InChI is InChI=1S/C20H22O2/c1-3-10-18(22)20(17-13-8-5-9-14-17)19(15(2)21)16-11-6-4-7-12-16/h4-9,11-14,19-20H,3,10H2,1-2H3/t19-,20+/m1/s1. The van der Waals surface area contributed by atoms with Crippen molar-refractivity contribution in [1.82, 2.24) is 0 Å². The molecule has 114 valence electrons. The number of benzene rings is 2. The molecular weight excluding hydrogens is 272 g/mol. The fourth-order valence-corrected chi connectivity index (χ4v) is 2.95. The second-order valence-corrected chi connectivity index (χ2v) is 5.60. The molecule has 0 heterocycles. The van der Waals surface area contributed by atoms with E-state index in [1.165, 1.54) is 0 Å². The molecule has 0 bridgehead atoms. The zero-order valence-electron chi connectivity index (χ0n) is 13.2. The lowest BCUT2D eigenvalue weighted by Crippen LogP contribution is -2.25. The molecule has 0 N–H and O–H groups in total. The van der Waals surface area contributed by atoms with E-state index in [2.05, 4.69) is 0 Å². The van der Waals surface area contributed by atoms with Gasteiger partial charge in [-0.1, -0.05) is 67.6 Å². The molecule has 22 heavy (non-hydrogen) atoms. The molecule has 2 aromatic carbocycles. The van der Waals surface area contributed by atoms with Gasteiger partial charge in [-0.05, 0) is 24.5 Å². The lowest BCUT2D eigenvalue weighted by Gasteiger charge is -2.25. The van der Waals surface area contributed by atoms with Crippen molar-refractivity contribution in [3.05, 3.63) is 71.8 Å². The molecular formula is C20H22O2. The Kier molecular flexibility index (Phi) is 5.65. The highest BCUT2D eigenvalue weighted by molar-refractivity contribution is 5.95. The highest BCUT2D eigenvalue weighted by Gasteiger charge is 2.33. The second kappa shape index (κ2) is 7.69. The topological polar surface area (TPSA) is 34.1 Å². The molecule has 2 nitrogen and oxygen atoms in total. The Morgan fingerprint density at radius 1 is 0.818 bits per heavy atom. The van der Waals surface area contributed by atoms with Gasteiger partial charge in [0.05, 0.1) is 11.8 Å². The number of ketones is 2. The predicted molar refractivity (Wildman–Crippen MR) is 89.0 cm³/mol. The van der Waals surface area contributed by atoms with E-state index in [-0.39, 0.29) is 11.6 Å². The van der Waals surface area contributed by atoms with Gasteiger partial charge in [-0.3, -0.25) is 9.59 Å². The Bertz CT molecular complexity index is 617. The van der Waals surface area contributed by atoms with Crippen molar-refractivity contribution >= 4 is 11.6 Å². The lowest BCUT2D eigenvalue weighted by molar-refractivity contribution is -0.126. The monoisotopic (exact) mass is 294 g/mol. The molecule has 2 aromatic rings. The maximum Gasteiger partial charge on any atom is 0.141 e. The maximum atomic E-state index is 12.7. The molecule has 0 saturated carbocycles. The van der Waals surface area contributed by atoms with Crippen molar-refractivity contribution in [1.29, 1.82) is 0 Å². The zero-order valence-corrected chi connectivity index (χ0v) is 13.2. The van der Waals surface area contributed by atoms with Gasteiger partial charge < -0.3 is 0 Å². The van der Waals surface area contributed by atoms with Gasteiger partial charge in [0.1, 0.15) is 11.6 Å². The molecule has 0 amide bonds. The van der Waals surface area contributed by atoms with Crippen molar-refractivity contribution in [2.24, 2.45) is 0 Å². The van der Waals surface area contributed by atoms with Crippen molar-refractivity contribution in [2.45, 2.75) is 38.5 Å². The molecule has 0 aliphatic rings. The summed E-state index contributed by atoms with van der Waals surface area (Å²) in [4.78, 5) is 25.0. The predicted octanol–water partition coefficient (Wildman–Crippen LogP) is 4.51. The summed E-state index contributed by atoms with van der Waals surface area (Å²) in [7, 11) is 0. The fourth-order valence-electron chi connectivity index (χ4n) is 2.95. The number of carbonyl (C=O) groups is 2. The van der Waals surface area contributed by atoms with E-state index in [1.807, 2.05) is 67.6 Å². The van der Waals surface area contributed by atoms with Crippen LogP contribution in [-0.2, 0) is 9.59 Å². The zero-order chi connectivity index (χ0) is 15.9. The van der Waals surface area contributed by atoms with Crippen LogP contribution < -0.4 is 0 Å². The Balaban J connectivity index is 2.50. The summed E-state index contributed by atoms with van der Waals surface area (Å²) in [6.07, 6.45) is 1.29. The molecule has 2 heteroatoms. The first kappa shape index (κ1) is 16.2. The SMILES string of the molecule is CCCC(=O)[C@H](c1ccccc1)[C@H](C(C)=O)c1ccccc1. The molecule has 0 unspecified atom stereocenters. The van der Waals surface area contributed by atoms with E-state index in [0.717, 1.165) is 17.5 Å². The molecule has 0 saturated heterocycles. The van der Waals surface area contributed by atoms with Gasteiger partial charge in [0, 0.05) is 6.42 Å². The second-order valence-electron chi connectivity index (χ2n) is 5.60. The molecule has 2 rings (SSSR count). The first-order valence-electron chi connectivity index (χ1n) is 7.78. The van der Waals surface area contributed by atoms with Gasteiger partial charge in [-0.25, -0.2) is 0 Å². The molecule has 0 radical (unpaired) electrons. The largest absolute Gasteiger partial charge is 0.299 e. The molecule has 0 aromatic heterocycles. The summed E-state index contributed by atoms with van der Waals surface area (Å²) in [5, 5.41) is 0. The van der Waals surface area contributed by atoms with Crippen molar-refractivity contribution in [2.75, 3.05) is 0 Å². The van der Waals surface area contributed by atoms with E-state index < -0.39 is 11.8 Å². The van der Waals surface area contributed by atoms with E-state index in [0.29, 0.717) is 6.42 Å². The van der Waals surface area contributed by atoms with Crippen LogP contribution >= 0.6 is 0 Å². The van der Waals surface area contributed by atoms with Gasteiger partial charge in [0.15, 0.2) is 0 Å². The number of rotatable bonds is 7. The van der Waals surface area contributed by atoms with Crippen LogP contribution in [0.25, 0.3) is 0 Å². The molecule has 2 atom stereocenters. The van der Waals surface area contributed by atoms with Gasteiger partial charge in [0.2, 0.25) is 0 Å². The average molecular weight is 294 g/mol. The smallest absolute Gasteiger partial charge is 0.141 e. The van der Waals surface area contributed by atoms with Crippen LogP contribution in [0.4, 0.5) is 0 Å². The normalized spacial score (nSPS) is 13.4. The molecule has 0 aliphatic heterocycles. The number of hydrogen-bond acceptors (Lipinski definition) is 2. The van der Waals surface area contributed by atoms with Crippen LogP contribution in [-0.4, -0.2) is 11.6 Å². The Morgan fingerprint density at radius 2 is 1.27 bits per heavy atom. The molecule has 0 aliphatic carbocycles. The quantitative estimate of drug-likeness (QED) is 0.752. The van der Waals surface area contributed by atoms with Gasteiger partial charge in [-0.15, -0.1) is 0 Å². The lowest BCUT2D eigenvalue weighted by atomic mass is 9.76. The minimum atomic E-state index is -0.414.